The summed E-state index contributed by atoms with van der Waals surface area (Å²) in [7, 11) is 1.68. The van der Waals surface area contributed by atoms with E-state index in [1.165, 1.54) is 0 Å². The Morgan fingerprint density at radius 3 is 2.77 bits per heavy atom. The van der Waals surface area contributed by atoms with Crippen LogP contribution in [0.25, 0.3) is 27.6 Å². The summed E-state index contributed by atoms with van der Waals surface area (Å²) in [4.78, 5) is 10.4. The van der Waals surface area contributed by atoms with Crippen molar-refractivity contribution < 1.29 is 4.74 Å². The zero-order valence-electron chi connectivity index (χ0n) is 11.9. The van der Waals surface area contributed by atoms with Gasteiger partial charge in [-0.2, -0.15) is 0 Å². The molecule has 0 bridgehead atoms. The molecule has 1 aromatic carbocycles. The summed E-state index contributed by atoms with van der Waals surface area (Å²) < 4.78 is 7.57. The first kappa shape index (κ1) is 13.0. The van der Waals surface area contributed by atoms with Crippen LogP contribution >= 0.6 is 11.3 Å². The Bertz CT molecular complexity index is 928. The van der Waals surface area contributed by atoms with Gasteiger partial charge in [0.25, 0.3) is 0 Å². The zero-order valence-corrected chi connectivity index (χ0v) is 12.7. The molecule has 0 atom stereocenters. The van der Waals surface area contributed by atoms with Gasteiger partial charge in [0, 0.05) is 6.20 Å². The SMILES string of the molecule is COc1ccccc1-n1c(-c2cccs2)nc2cccnc21. The van der Waals surface area contributed by atoms with Gasteiger partial charge in [0.2, 0.25) is 0 Å². The topological polar surface area (TPSA) is 39.9 Å². The van der Waals surface area contributed by atoms with Gasteiger partial charge in [-0.15, -0.1) is 11.3 Å². The molecule has 0 amide bonds. The number of rotatable bonds is 3. The third-order valence-electron chi connectivity index (χ3n) is 3.48. The van der Waals surface area contributed by atoms with Crippen LogP contribution in [-0.4, -0.2) is 21.6 Å². The maximum atomic E-state index is 5.52. The van der Waals surface area contributed by atoms with Crippen molar-refractivity contribution in [3.05, 3.63) is 60.1 Å². The average Bonchev–Trinajstić information content (AvgIpc) is 3.22. The smallest absolute Gasteiger partial charge is 0.165 e. The number of ether oxygens (including phenoxy) is 1. The Kier molecular flexibility index (Phi) is 3.12. The van der Waals surface area contributed by atoms with E-state index in [-0.39, 0.29) is 0 Å². The summed E-state index contributed by atoms with van der Waals surface area (Å²) in [6, 6.07) is 15.9. The second-order valence-corrected chi connectivity index (χ2v) is 5.71. The molecule has 3 aromatic heterocycles. The molecule has 4 rings (SSSR count). The normalized spacial score (nSPS) is 11.0. The molecule has 4 aromatic rings. The number of methoxy groups -OCH3 is 1. The highest BCUT2D eigenvalue weighted by Crippen LogP contribution is 2.33. The Hall–Kier alpha value is -2.66. The van der Waals surface area contributed by atoms with E-state index < -0.39 is 0 Å². The molecule has 0 saturated heterocycles. The number of benzene rings is 1. The number of imidazole rings is 1. The van der Waals surface area contributed by atoms with Crippen molar-refractivity contribution in [2.24, 2.45) is 0 Å². The molecule has 5 heteroatoms. The molecule has 22 heavy (non-hydrogen) atoms. The van der Waals surface area contributed by atoms with E-state index >= 15 is 0 Å². The Morgan fingerprint density at radius 2 is 1.95 bits per heavy atom. The third kappa shape index (κ3) is 1.98. The van der Waals surface area contributed by atoms with Crippen LogP contribution in [0.1, 0.15) is 0 Å². The van der Waals surface area contributed by atoms with Gasteiger partial charge in [0.05, 0.1) is 17.7 Å². The first-order valence-electron chi connectivity index (χ1n) is 6.89. The number of nitrogens with zero attached hydrogens (tertiary/aromatic N) is 3. The predicted octanol–water partition coefficient (Wildman–Crippen LogP) is 4.16. The number of fused-ring (bicyclic) bond motifs is 1. The Labute approximate surface area is 131 Å². The van der Waals surface area contributed by atoms with E-state index in [0.717, 1.165) is 33.3 Å². The molecular formula is C17H13N3OS. The van der Waals surface area contributed by atoms with Crippen LogP contribution in [0.2, 0.25) is 0 Å². The first-order valence-corrected chi connectivity index (χ1v) is 7.77. The summed E-state index contributed by atoms with van der Waals surface area (Å²) in [6.45, 7) is 0. The van der Waals surface area contributed by atoms with Crippen molar-refractivity contribution in [1.82, 2.24) is 14.5 Å². The van der Waals surface area contributed by atoms with E-state index in [2.05, 4.69) is 21.0 Å². The van der Waals surface area contributed by atoms with Crippen LogP contribution in [0.5, 0.6) is 5.75 Å². The van der Waals surface area contributed by atoms with Gasteiger partial charge in [-0.1, -0.05) is 18.2 Å². The van der Waals surface area contributed by atoms with E-state index in [1.807, 2.05) is 42.5 Å². The van der Waals surface area contributed by atoms with Crippen LogP contribution in [0.4, 0.5) is 0 Å². The van der Waals surface area contributed by atoms with E-state index in [4.69, 9.17) is 9.72 Å². The Morgan fingerprint density at radius 1 is 1.05 bits per heavy atom. The van der Waals surface area contributed by atoms with Crippen molar-refractivity contribution in [3.8, 4) is 22.1 Å². The molecule has 0 fully saturated rings. The molecule has 0 aliphatic rings. The van der Waals surface area contributed by atoms with Crippen LogP contribution in [-0.2, 0) is 0 Å². The minimum absolute atomic E-state index is 0.797. The quantitative estimate of drug-likeness (QED) is 0.570. The van der Waals surface area contributed by atoms with Crippen LogP contribution in [0.15, 0.2) is 60.1 Å². The van der Waals surface area contributed by atoms with Gasteiger partial charge < -0.3 is 4.74 Å². The van der Waals surface area contributed by atoms with Crippen LogP contribution in [0.3, 0.4) is 0 Å². The fourth-order valence-electron chi connectivity index (χ4n) is 2.53. The third-order valence-corrected chi connectivity index (χ3v) is 4.35. The number of pyridine rings is 1. The van der Waals surface area contributed by atoms with E-state index in [1.54, 1.807) is 24.6 Å². The maximum absolute atomic E-state index is 5.52. The number of hydrogen-bond acceptors (Lipinski definition) is 4. The molecule has 0 aliphatic carbocycles. The van der Waals surface area contributed by atoms with Crippen molar-refractivity contribution in [2.75, 3.05) is 7.11 Å². The summed E-state index contributed by atoms with van der Waals surface area (Å²) in [5.41, 5.74) is 2.64. The molecule has 0 radical (unpaired) electrons. The van der Waals surface area contributed by atoms with Gasteiger partial charge in [-0.3, -0.25) is 4.57 Å². The van der Waals surface area contributed by atoms with Crippen molar-refractivity contribution in [3.63, 3.8) is 0 Å². The lowest BCUT2D eigenvalue weighted by Gasteiger charge is -2.11. The van der Waals surface area contributed by atoms with Gasteiger partial charge in [-0.05, 0) is 35.7 Å². The van der Waals surface area contributed by atoms with Crippen LogP contribution < -0.4 is 4.74 Å². The molecule has 0 unspecified atom stereocenters. The van der Waals surface area contributed by atoms with Crippen molar-refractivity contribution in [2.45, 2.75) is 0 Å². The van der Waals surface area contributed by atoms with Crippen LogP contribution in [0, 0.1) is 0 Å². The highest BCUT2D eigenvalue weighted by molar-refractivity contribution is 7.13. The number of hydrogen-bond donors (Lipinski definition) is 0. The molecule has 0 spiro atoms. The van der Waals surface area contributed by atoms with E-state index in [0.29, 0.717) is 0 Å². The van der Waals surface area contributed by atoms with Gasteiger partial charge in [0.1, 0.15) is 11.3 Å². The average molecular weight is 307 g/mol. The second kappa shape index (κ2) is 5.27. The fraction of sp³-hybridized carbons (Fsp3) is 0.0588. The minimum Gasteiger partial charge on any atom is -0.495 e. The number of aromatic nitrogens is 3. The molecule has 0 aliphatic heterocycles. The summed E-state index contributed by atoms with van der Waals surface area (Å²) in [5.74, 6) is 1.68. The largest absolute Gasteiger partial charge is 0.495 e. The highest BCUT2D eigenvalue weighted by atomic mass is 32.1. The van der Waals surface area contributed by atoms with Gasteiger partial charge in [-0.25, -0.2) is 9.97 Å². The van der Waals surface area contributed by atoms with Crippen molar-refractivity contribution in [1.29, 1.82) is 0 Å². The lowest BCUT2D eigenvalue weighted by molar-refractivity contribution is 0.413. The molecule has 0 saturated carbocycles. The lowest BCUT2D eigenvalue weighted by Crippen LogP contribution is -2.00. The summed E-state index contributed by atoms with van der Waals surface area (Å²) in [6.07, 6.45) is 1.79. The second-order valence-electron chi connectivity index (χ2n) is 4.77. The number of para-hydroxylation sites is 2. The number of thiophene rings is 1. The molecule has 4 nitrogen and oxygen atoms in total. The van der Waals surface area contributed by atoms with Crippen molar-refractivity contribution >= 4 is 22.5 Å². The lowest BCUT2D eigenvalue weighted by atomic mass is 10.2. The summed E-state index contributed by atoms with van der Waals surface area (Å²) in [5, 5.41) is 2.05. The molecular weight excluding hydrogens is 294 g/mol. The van der Waals surface area contributed by atoms with Gasteiger partial charge in [0.15, 0.2) is 11.5 Å². The maximum Gasteiger partial charge on any atom is 0.165 e. The minimum atomic E-state index is 0.797. The zero-order chi connectivity index (χ0) is 14.9. The Balaban J connectivity index is 2.09. The standard InChI is InChI=1S/C17H13N3OS/c1-21-14-8-3-2-7-13(14)20-16-12(6-4-10-18-16)19-17(20)15-9-5-11-22-15/h2-11H,1H3. The fourth-order valence-corrected chi connectivity index (χ4v) is 3.23. The van der Waals surface area contributed by atoms with Gasteiger partial charge >= 0.3 is 0 Å². The highest BCUT2D eigenvalue weighted by Gasteiger charge is 2.18. The van der Waals surface area contributed by atoms with E-state index in [9.17, 15) is 0 Å². The molecule has 0 N–H and O–H groups in total. The summed E-state index contributed by atoms with van der Waals surface area (Å²) >= 11 is 1.66. The molecule has 3 heterocycles. The predicted molar refractivity (Wildman–Crippen MR) is 88.7 cm³/mol. The first-order chi connectivity index (χ1) is 10.9. The molecule has 108 valence electrons. The monoisotopic (exact) mass is 307 g/mol.